The molecule has 0 aromatic carbocycles. The smallest absolute Gasteiger partial charge is 0.116 e. The Bertz CT molecular complexity index is 148. The minimum absolute atomic E-state index is 0.309. The van der Waals surface area contributed by atoms with E-state index in [4.69, 9.17) is 9.47 Å². The van der Waals surface area contributed by atoms with E-state index in [9.17, 15) is 0 Å². The summed E-state index contributed by atoms with van der Waals surface area (Å²) in [6, 6.07) is 0. The number of rotatable bonds is 6. The van der Waals surface area contributed by atoms with Crippen molar-refractivity contribution in [2.45, 2.75) is 12.5 Å². The first-order valence-electron chi connectivity index (χ1n) is 3.70. The first kappa shape index (κ1) is 8.34. The number of allylic oxidation sites excluding steroid dienone is 2. The minimum atomic E-state index is 0.309. The molecule has 0 aromatic rings. The average molecular weight is 153 g/mol. The van der Waals surface area contributed by atoms with Gasteiger partial charge >= 0.3 is 0 Å². The second kappa shape index (κ2) is 4.19. The standard InChI is InChI=1S/C9H13O2/c1-3-4-5-8(2)10-6-9-7-11-9/h3,5,9H,1-2,4,6-7H2. The van der Waals surface area contributed by atoms with Crippen molar-refractivity contribution in [2.24, 2.45) is 0 Å². The molecule has 1 rings (SSSR count). The lowest BCUT2D eigenvalue weighted by molar-refractivity contribution is 0.189. The molecule has 1 aliphatic heterocycles. The van der Waals surface area contributed by atoms with Gasteiger partial charge in [0.05, 0.1) is 12.4 Å². The average Bonchev–Trinajstić information content (AvgIpc) is 2.80. The molecule has 0 amide bonds. The van der Waals surface area contributed by atoms with E-state index in [-0.39, 0.29) is 0 Å². The molecule has 11 heavy (non-hydrogen) atoms. The van der Waals surface area contributed by atoms with Gasteiger partial charge in [0.15, 0.2) is 0 Å². The third-order valence-corrected chi connectivity index (χ3v) is 1.37. The van der Waals surface area contributed by atoms with Gasteiger partial charge in [-0.15, -0.1) is 6.58 Å². The van der Waals surface area contributed by atoms with Crippen molar-refractivity contribution in [3.63, 3.8) is 0 Å². The topological polar surface area (TPSA) is 21.8 Å². The van der Waals surface area contributed by atoms with Crippen molar-refractivity contribution in [1.82, 2.24) is 0 Å². The van der Waals surface area contributed by atoms with Crippen LogP contribution in [0.2, 0.25) is 0 Å². The Morgan fingerprint density at radius 3 is 3.00 bits per heavy atom. The first-order valence-corrected chi connectivity index (χ1v) is 3.70. The second-order valence-electron chi connectivity index (χ2n) is 2.46. The molecule has 2 heteroatoms. The van der Waals surface area contributed by atoms with Gasteiger partial charge in [-0.25, -0.2) is 0 Å². The number of hydrogen-bond acceptors (Lipinski definition) is 2. The van der Waals surface area contributed by atoms with E-state index in [2.05, 4.69) is 13.2 Å². The summed E-state index contributed by atoms with van der Waals surface area (Å²) in [5, 5.41) is 0. The SMILES string of the molecule is C=CC[CH]C(=C)OCC1CO1. The third kappa shape index (κ3) is 3.83. The number of epoxide rings is 1. The third-order valence-electron chi connectivity index (χ3n) is 1.37. The van der Waals surface area contributed by atoms with Crippen LogP contribution in [0.5, 0.6) is 0 Å². The maximum Gasteiger partial charge on any atom is 0.116 e. The molecular weight excluding hydrogens is 140 g/mol. The summed E-state index contributed by atoms with van der Waals surface area (Å²) >= 11 is 0. The highest BCUT2D eigenvalue weighted by Gasteiger charge is 2.22. The highest BCUT2D eigenvalue weighted by Crippen LogP contribution is 2.12. The Hall–Kier alpha value is -0.760. The van der Waals surface area contributed by atoms with Crippen LogP contribution in [-0.4, -0.2) is 19.3 Å². The van der Waals surface area contributed by atoms with Gasteiger partial charge in [-0.3, -0.25) is 0 Å². The van der Waals surface area contributed by atoms with E-state index >= 15 is 0 Å². The van der Waals surface area contributed by atoms with Crippen molar-refractivity contribution in [3.8, 4) is 0 Å². The fourth-order valence-corrected chi connectivity index (χ4v) is 0.638. The summed E-state index contributed by atoms with van der Waals surface area (Å²) in [6.45, 7) is 8.76. The van der Waals surface area contributed by atoms with Crippen LogP contribution in [0.25, 0.3) is 0 Å². The predicted octanol–water partition coefficient (Wildman–Crippen LogP) is 1.70. The normalized spacial score (nSPS) is 20.9. The fourth-order valence-electron chi connectivity index (χ4n) is 0.638. The molecule has 0 aromatic heterocycles. The molecule has 0 saturated carbocycles. The van der Waals surface area contributed by atoms with Crippen LogP contribution in [0.4, 0.5) is 0 Å². The number of hydrogen-bond donors (Lipinski definition) is 0. The summed E-state index contributed by atoms with van der Waals surface area (Å²) in [7, 11) is 0. The molecule has 1 unspecified atom stereocenters. The van der Waals surface area contributed by atoms with E-state index < -0.39 is 0 Å². The van der Waals surface area contributed by atoms with Gasteiger partial charge in [0.2, 0.25) is 0 Å². The lowest BCUT2D eigenvalue weighted by Crippen LogP contribution is -2.00. The quantitative estimate of drug-likeness (QED) is 0.329. The van der Waals surface area contributed by atoms with Gasteiger partial charge in [0.1, 0.15) is 12.7 Å². The maximum absolute atomic E-state index is 5.25. The zero-order chi connectivity index (χ0) is 8.10. The number of ether oxygens (including phenoxy) is 2. The predicted molar refractivity (Wildman–Crippen MR) is 43.9 cm³/mol. The Morgan fingerprint density at radius 1 is 1.73 bits per heavy atom. The van der Waals surface area contributed by atoms with Crippen molar-refractivity contribution in [1.29, 1.82) is 0 Å². The van der Waals surface area contributed by atoms with Crippen molar-refractivity contribution in [2.75, 3.05) is 13.2 Å². The summed E-state index contributed by atoms with van der Waals surface area (Å²) in [6.07, 6.45) is 4.82. The van der Waals surface area contributed by atoms with Crippen molar-refractivity contribution < 1.29 is 9.47 Å². The van der Waals surface area contributed by atoms with Crippen molar-refractivity contribution >= 4 is 0 Å². The van der Waals surface area contributed by atoms with E-state index in [1.54, 1.807) is 0 Å². The zero-order valence-electron chi connectivity index (χ0n) is 6.58. The highest BCUT2D eigenvalue weighted by atomic mass is 16.6. The molecule has 61 valence electrons. The molecule has 1 atom stereocenters. The molecule has 1 heterocycles. The highest BCUT2D eigenvalue weighted by molar-refractivity contribution is 5.02. The minimum Gasteiger partial charge on any atom is -0.495 e. The van der Waals surface area contributed by atoms with Crippen molar-refractivity contribution in [3.05, 3.63) is 31.4 Å². The molecule has 1 radical (unpaired) electrons. The maximum atomic E-state index is 5.25. The van der Waals surface area contributed by atoms with Crippen LogP contribution in [0.1, 0.15) is 6.42 Å². The largest absolute Gasteiger partial charge is 0.495 e. The molecule has 0 spiro atoms. The molecular formula is C9H13O2. The van der Waals surface area contributed by atoms with Crippen LogP contribution in [-0.2, 0) is 9.47 Å². The van der Waals surface area contributed by atoms with Crippen LogP contribution in [0.15, 0.2) is 25.0 Å². The van der Waals surface area contributed by atoms with E-state index in [0.29, 0.717) is 18.5 Å². The molecule has 1 fully saturated rings. The Morgan fingerprint density at radius 2 is 2.45 bits per heavy atom. The molecule has 0 bridgehead atoms. The first-order chi connectivity index (χ1) is 5.33. The Balaban J connectivity index is 1.95. The Kier molecular flexibility index (Phi) is 3.17. The lowest BCUT2D eigenvalue weighted by atomic mass is 10.3. The summed E-state index contributed by atoms with van der Waals surface area (Å²) in [4.78, 5) is 0. The molecule has 0 aliphatic carbocycles. The van der Waals surface area contributed by atoms with Crippen LogP contribution < -0.4 is 0 Å². The summed E-state index contributed by atoms with van der Waals surface area (Å²) in [5.74, 6) is 0.709. The molecule has 2 nitrogen and oxygen atoms in total. The molecule has 1 saturated heterocycles. The van der Waals surface area contributed by atoms with E-state index in [1.165, 1.54) is 0 Å². The fraction of sp³-hybridized carbons (Fsp3) is 0.444. The van der Waals surface area contributed by atoms with Crippen LogP contribution in [0.3, 0.4) is 0 Å². The van der Waals surface area contributed by atoms with Gasteiger partial charge in [-0.05, 0) is 6.42 Å². The van der Waals surface area contributed by atoms with E-state index in [1.807, 2.05) is 12.5 Å². The Labute approximate surface area is 67.5 Å². The van der Waals surface area contributed by atoms with Gasteiger partial charge in [0, 0.05) is 6.42 Å². The summed E-state index contributed by atoms with van der Waals surface area (Å²) < 4.78 is 10.2. The molecule has 0 N–H and O–H groups in total. The van der Waals surface area contributed by atoms with Gasteiger partial charge in [-0.2, -0.15) is 0 Å². The van der Waals surface area contributed by atoms with Gasteiger partial charge in [0.25, 0.3) is 0 Å². The summed E-state index contributed by atoms with van der Waals surface area (Å²) in [5.41, 5.74) is 0. The van der Waals surface area contributed by atoms with Crippen LogP contribution in [0, 0.1) is 6.42 Å². The zero-order valence-corrected chi connectivity index (χ0v) is 6.58. The molecule has 1 aliphatic rings. The van der Waals surface area contributed by atoms with Gasteiger partial charge in [-0.1, -0.05) is 12.7 Å². The van der Waals surface area contributed by atoms with E-state index in [0.717, 1.165) is 13.0 Å². The monoisotopic (exact) mass is 153 g/mol. The van der Waals surface area contributed by atoms with Gasteiger partial charge < -0.3 is 9.47 Å². The lowest BCUT2D eigenvalue weighted by Gasteiger charge is -2.04. The van der Waals surface area contributed by atoms with Crippen LogP contribution >= 0.6 is 0 Å². The second-order valence-corrected chi connectivity index (χ2v) is 2.46.